The van der Waals surface area contributed by atoms with Crippen LogP contribution in [-0.2, 0) is 11.3 Å². The number of carbonyl (C=O) groups is 1. The number of carbonyl (C=O) groups excluding carboxylic acids is 1. The summed E-state index contributed by atoms with van der Waals surface area (Å²) in [5, 5.41) is 6.44. The van der Waals surface area contributed by atoms with Crippen LogP contribution in [-0.4, -0.2) is 15.7 Å². The number of terminal acetylenes is 1. The van der Waals surface area contributed by atoms with Crippen molar-refractivity contribution in [2.45, 2.75) is 13.5 Å². The molecule has 62 valence electrons. The van der Waals surface area contributed by atoms with Gasteiger partial charge in [0.05, 0.1) is 11.9 Å². The summed E-state index contributed by atoms with van der Waals surface area (Å²) in [6.45, 7) is 2.73. The van der Waals surface area contributed by atoms with Crippen molar-refractivity contribution < 1.29 is 4.79 Å². The summed E-state index contributed by atoms with van der Waals surface area (Å²) in [7, 11) is 0. The third-order valence-electron chi connectivity index (χ3n) is 1.35. The molecule has 0 aliphatic carbocycles. The SMILES string of the molecule is C#CC(=O)Nc1cnn(CC)c1. The highest BCUT2D eigenvalue weighted by Gasteiger charge is 1.99. The number of amides is 1. The van der Waals surface area contributed by atoms with E-state index >= 15 is 0 Å². The van der Waals surface area contributed by atoms with Crippen molar-refractivity contribution in [3.63, 3.8) is 0 Å². The third kappa shape index (κ3) is 1.86. The molecule has 0 fully saturated rings. The van der Waals surface area contributed by atoms with Crippen LogP contribution in [0, 0.1) is 12.3 Å². The predicted molar refractivity (Wildman–Crippen MR) is 45.4 cm³/mol. The van der Waals surface area contributed by atoms with Crippen LogP contribution in [0.1, 0.15) is 6.92 Å². The Morgan fingerprint density at radius 3 is 3.17 bits per heavy atom. The van der Waals surface area contributed by atoms with Gasteiger partial charge in [0.2, 0.25) is 0 Å². The highest BCUT2D eigenvalue weighted by atomic mass is 16.1. The van der Waals surface area contributed by atoms with E-state index in [0.717, 1.165) is 6.54 Å². The molecule has 12 heavy (non-hydrogen) atoms. The van der Waals surface area contributed by atoms with Gasteiger partial charge < -0.3 is 5.32 Å². The van der Waals surface area contributed by atoms with E-state index in [1.54, 1.807) is 17.1 Å². The van der Waals surface area contributed by atoms with Crippen LogP contribution in [0.3, 0.4) is 0 Å². The molecule has 0 radical (unpaired) electrons. The van der Waals surface area contributed by atoms with Crippen molar-refractivity contribution in [3.05, 3.63) is 12.4 Å². The van der Waals surface area contributed by atoms with Gasteiger partial charge in [0.25, 0.3) is 5.91 Å². The fourth-order valence-corrected chi connectivity index (χ4v) is 0.768. The Morgan fingerprint density at radius 1 is 1.92 bits per heavy atom. The van der Waals surface area contributed by atoms with Crippen LogP contribution in [0.15, 0.2) is 12.4 Å². The molecule has 1 N–H and O–H groups in total. The minimum absolute atomic E-state index is 0.453. The van der Waals surface area contributed by atoms with Crippen molar-refractivity contribution in [1.82, 2.24) is 9.78 Å². The second kappa shape index (κ2) is 3.58. The second-order valence-corrected chi connectivity index (χ2v) is 2.18. The summed E-state index contributed by atoms with van der Waals surface area (Å²) in [5.74, 6) is 1.50. The number of rotatable bonds is 2. The van der Waals surface area contributed by atoms with Crippen molar-refractivity contribution in [2.75, 3.05) is 5.32 Å². The zero-order valence-electron chi connectivity index (χ0n) is 6.74. The molecular formula is C8H9N3O. The van der Waals surface area contributed by atoms with E-state index in [0.29, 0.717) is 5.69 Å². The van der Waals surface area contributed by atoms with Crippen molar-refractivity contribution in [2.24, 2.45) is 0 Å². The number of aromatic nitrogens is 2. The number of hydrogen-bond donors (Lipinski definition) is 1. The van der Waals surface area contributed by atoms with Gasteiger partial charge in [0, 0.05) is 12.7 Å². The Bertz CT molecular complexity index is 321. The molecule has 4 heteroatoms. The Labute approximate surface area is 70.6 Å². The molecule has 1 amide bonds. The fraction of sp³-hybridized carbons (Fsp3) is 0.250. The molecule has 1 heterocycles. The van der Waals surface area contributed by atoms with E-state index in [4.69, 9.17) is 6.42 Å². The van der Waals surface area contributed by atoms with Crippen molar-refractivity contribution in [3.8, 4) is 12.3 Å². The molecular weight excluding hydrogens is 154 g/mol. The quantitative estimate of drug-likeness (QED) is 0.644. The maximum atomic E-state index is 10.7. The van der Waals surface area contributed by atoms with Gasteiger partial charge in [-0.1, -0.05) is 0 Å². The average Bonchev–Trinajstić information content (AvgIpc) is 2.52. The molecule has 0 spiro atoms. The van der Waals surface area contributed by atoms with E-state index in [9.17, 15) is 4.79 Å². The lowest BCUT2D eigenvalue weighted by Crippen LogP contribution is -2.07. The van der Waals surface area contributed by atoms with Crippen LogP contribution in [0.5, 0.6) is 0 Å². The summed E-state index contributed by atoms with van der Waals surface area (Å²) in [6.07, 6.45) is 8.14. The van der Waals surface area contributed by atoms with E-state index in [1.807, 2.05) is 12.8 Å². The molecule has 0 unspecified atom stereocenters. The minimum atomic E-state index is -0.453. The third-order valence-corrected chi connectivity index (χ3v) is 1.35. The maximum absolute atomic E-state index is 10.7. The zero-order chi connectivity index (χ0) is 8.97. The largest absolute Gasteiger partial charge is 0.312 e. The first-order valence-electron chi connectivity index (χ1n) is 3.56. The molecule has 1 aromatic rings. The lowest BCUT2D eigenvalue weighted by molar-refractivity contribution is -0.111. The topological polar surface area (TPSA) is 46.9 Å². The first-order valence-corrected chi connectivity index (χ1v) is 3.56. The lowest BCUT2D eigenvalue weighted by Gasteiger charge is -1.93. The van der Waals surface area contributed by atoms with Gasteiger partial charge in [-0.15, -0.1) is 6.42 Å². The smallest absolute Gasteiger partial charge is 0.300 e. The average molecular weight is 163 g/mol. The Morgan fingerprint density at radius 2 is 2.67 bits per heavy atom. The Balaban J connectivity index is 2.65. The van der Waals surface area contributed by atoms with Crippen LogP contribution in [0.4, 0.5) is 5.69 Å². The minimum Gasteiger partial charge on any atom is -0.312 e. The van der Waals surface area contributed by atoms with Crippen LogP contribution in [0.25, 0.3) is 0 Å². The highest BCUT2D eigenvalue weighted by molar-refractivity contribution is 6.03. The van der Waals surface area contributed by atoms with Gasteiger partial charge in [-0.2, -0.15) is 5.10 Å². The molecule has 4 nitrogen and oxygen atoms in total. The summed E-state index contributed by atoms with van der Waals surface area (Å²) in [5.41, 5.74) is 0.625. The van der Waals surface area contributed by atoms with Crippen LogP contribution in [0.2, 0.25) is 0 Å². The van der Waals surface area contributed by atoms with Gasteiger partial charge in [-0.3, -0.25) is 9.48 Å². The van der Waals surface area contributed by atoms with E-state index in [2.05, 4.69) is 10.4 Å². The maximum Gasteiger partial charge on any atom is 0.300 e. The zero-order valence-corrected chi connectivity index (χ0v) is 6.74. The number of nitrogens with zero attached hydrogens (tertiary/aromatic N) is 2. The molecule has 0 aliphatic rings. The Kier molecular flexibility index (Phi) is 2.49. The van der Waals surface area contributed by atoms with Gasteiger partial charge in [-0.25, -0.2) is 0 Å². The number of nitrogens with one attached hydrogen (secondary N) is 1. The first kappa shape index (κ1) is 8.34. The molecule has 0 saturated carbocycles. The summed E-state index contributed by atoms with van der Waals surface area (Å²) < 4.78 is 1.70. The normalized spacial score (nSPS) is 9.00. The van der Waals surface area contributed by atoms with Gasteiger partial charge in [-0.05, 0) is 12.8 Å². The molecule has 1 rings (SSSR count). The van der Waals surface area contributed by atoms with Gasteiger partial charge in [0.15, 0.2) is 0 Å². The first-order chi connectivity index (χ1) is 5.76. The number of anilines is 1. The van der Waals surface area contributed by atoms with Crippen molar-refractivity contribution in [1.29, 1.82) is 0 Å². The fourth-order valence-electron chi connectivity index (χ4n) is 0.768. The molecule has 0 atom stereocenters. The van der Waals surface area contributed by atoms with E-state index < -0.39 is 5.91 Å². The summed E-state index contributed by atoms with van der Waals surface area (Å²) >= 11 is 0. The monoisotopic (exact) mass is 163 g/mol. The summed E-state index contributed by atoms with van der Waals surface area (Å²) in [6, 6.07) is 0. The molecule has 0 aromatic carbocycles. The van der Waals surface area contributed by atoms with Gasteiger partial charge in [0.1, 0.15) is 0 Å². The molecule has 1 aromatic heterocycles. The number of hydrogen-bond acceptors (Lipinski definition) is 2. The van der Waals surface area contributed by atoms with Crippen LogP contribution >= 0.6 is 0 Å². The predicted octanol–water partition coefficient (Wildman–Crippen LogP) is 0.475. The number of aryl methyl sites for hydroxylation is 1. The molecule has 0 aliphatic heterocycles. The lowest BCUT2D eigenvalue weighted by atomic mass is 10.5. The van der Waals surface area contributed by atoms with Gasteiger partial charge >= 0.3 is 0 Å². The molecule has 0 bridgehead atoms. The van der Waals surface area contributed by atoms with Crippen molar-refractivity contribution >= 4 is 11.6 Å². The van der Waals surface area contributed by atoms with E-state index in [1.165, 1.54) is 0 Å². The molecule has 0 saturated heterocycles. The second-order valence-electron chi connectivity index (χ2n) is 2.18. The summed E-state index contributed by atoms with van der Waals surface area (Å²) in [4.78, 5) is 10.7. The standard InChI is InChI=1S/C8H9N3O/c1-3-8(12)10-7-5-9-11(4-2)6-7/h1,5-6H,4H2,2H3,(H,10,12). The highest BCUT2D eigenvalue weighted by Crippen LogP contribution is 2.03. The van der Waals surface area contributed by atoms with E-state index in [-0.39, 0.29) is 0 Å². The Hall–Kier alpha value is -1.76. The van der Waals surface area contributed by atoms with Crippen LogP contribution < -0.4 is 5.32 Å².